The number of aromatic amines is 1. The lowest BCUT2D eigenvalue weighted by atomic mass is 10.1. The number of thiazole rings is 1. The van der Waals surface area contributed by atoms with Crippen LogP contribution in [0.15, 0.2) is 29.6 Å². The molecule has 1 amide bonds. The number of imidazole rings is 1. The number of carbonyl (C=O) groups excluding carboxylic acids is 1. The van der Waals surface area contributed by atoms with Crippen LogP contribution >= 0.6 is 11.3 Å². The molecule has 1 aliphatic rings. The summed E-state index contributed by atoms with van der Waals surface area (Å²) in [6.07, 6.45) is 0. The lowest BCUT2D eigenvalue weighted by Gasteiger charge is -2.02. The third-order valence-electron chi connectivity index (χ3n) is 4.74. The summed E-state index contributed by atoms with van der Waals surface area (Å²) in [7, 11) is 0. The Morgan fingerprint density at radius 2 is 2.00 bits per heavy atom. The highest BCUT2D eigenvalue weighted by Gasteiger charge is 2.66. The maximum absolute atomic E-state index is 12.4. The van der Waals surface area contributed by atoms with Gasteiger partial charge in [0, 0.05) is 5.38 Å². The first-order valence-corrected chi connectivity index (χ1v) is 8.70. The van der Waals surface area contributed by atoms with Gasteiger partial charge in [0.1, 0.15) is 5.69 Å². The minimum atomic E-state index is -0.938. The highest BCUT2D eigenvalue weighted by Crippen LogP contribution is 2.58. The number of fused-ring (bicyclic) bond motifs is 1. The Kier molecular flexibility index (Phi) is 3.40. The van der Waals surface area contributed by atoms with Gasteiger partial charge in [0.2, 0.25) is 5.91 Å². The van der Waals surface area contributed by atoms with Gasteiger partial charge in [-0.1, -0.05) is 26.0 Å². The van der Waals surface area contributed by atoms with Crippen LogP contribution in [-0.2, 0) is 9.59 Å². The maximum atomic E-state index is 12.4. The number of aliphatic carboxylic acids is 1. The normalized spacial score (nSPS) is 21.2. The molecule has 2 heterocycles. The first-order valence-electron chi connectivity index (χ1n) is 7.82. The van der Waals surface area contributed by atoms with Gasteiger partial charge in [0.25, 0.3) is 0 Å². The van der Waals surface area contributed by atoms with Crippen LogP contribution < -0.4 is 5.32 Å². The van der Waals surface area contributed by atoms with Crippen molar-refractivity contribution in [2.45, 2.75) is 13.8 Å². The minimum absolute atomic E-state index is 0.303. The molecule has 1 aliphatic carbocycles. The zero-order valence-electron chi connectivity index (χ0n) is 13.6. The lowest BCUT2D eigenvalue weighted by Crippen LogP contribution is -2.17. The molecule has 128 valence electrons. The fraction of sp³-hybridized carbons (Fsp3) is 0.294. The predicted octanol–water partition coefficient (Wildman–Crippen LogP) is 2.98. The third kappa shape index (κ3) is 2.58. The number of aromatic nitrogens is 3. The van der Waals surface area contributed by atoms with Crippen molar-refractivity contribution in [2.75, 3.05) is 5.32 Å². The van der Waals surface area contributed by atoms with Crippen molar-refractivity contribution in [3.8, 4) is 11.5 Å². The highest BCUT2D eigenvalue weighted by atomic mass is 32.1. The number of para-hydroxylation sites is 2. The van der Waals surface area contributed by atoms with E-state index in [9.17, 15) is 14.7 Å². The van der Waals surface area contributed by atoms with Crippen molar-refractivity contribution in [3.63, 3.8) is 0 Å². The molecule has 2 aromatic heterocycles. The van der Waals surface area contributed by atoms with Crippen molar-refractivity contribution in [1.29, 1.82) is 0 Å². The molecule has 1 saturated carbocycles. The number of nitrogens with zero attached hydrogens (tertiary/aromatic N) is 2. The van der Waals surface area contributed by atoms with Gasteiger partial charge in [0.15, 0.2) is 11.0 Å². The van der Waals surface area contributed by atoms with Crippen molar-refractivity contribution in [3.05, 3.63) is 29.6 Å². The van der Waals surface area contributed by atoms with E-state index in [2.05, 4.69) is 20.3 Å². The van der Waals surface area contributed by atoms with Gasteiger partial charge in [-0.2, -0.15) is 0 Å². The third-order valence-corrected chi connectivity index (χ3v) is 5.50. The smallest absolute Gasteiger partial charge is 0.307 e. The molecule has 3 aromatic rings. The number of anilines is 1. The SMILES string of the molecule is CC1(C)[C@H](C(=O)Nc2nc(-c3nc4ccccc4[nH]3)cs2)[C@@H]1C(=O)O. The number of hydrogen-bond donors (Lipinski definition) is 3. The zero-order chi connectivity index (χ0) is 17.8. The van der Waals surface area contributed by atoms with Gasteiger partial charge in [-0.15, -0.1) is 11.3 Å². The van der Waals surface area contributed by atoms with E-state index in [1.807, 2.05) is 24.3 Å². The van der Waals surface area contributed by atoms with Gasteiger partial charge >= 0.3 is 5.97 Å². The number of hydrogen-bond acceptors (Lipinski definition) is 5. The number of amides is 1. The standard InChI is InChI=1S/C17H16N4O3S/c1-17(2)11(12(17)15(23)24)14(22)21-16-20-10(7-25-16)13-18-8-5-3-4-6-9(8)19-13/h3-7,11-12H,1-2H3,(H,18,19)(H,23,24)(H,20,21,22)/t11-,12+/m0/s1. The second-order valence-corrected chi connectivity index (χ2v) is 7.60. The summed E-state index contributed by atoms with van der Waals surface area (Å²) < 4.78 is 0. The van der Waals surface area contributed by atoms with Gasteiger partial charge in [-0.05, 0) is 17.5 Å². The Morgan fingerprint density at radius 3 is 2.68 bits per heavy atom. The molecule has 1 aromatic carbocycles. The number of rotatable bonds is 4. The van der Waals surface area contributed by atoms with Crippen LogP contribution in [0, 0.1) is 17.3 Å². The molecule has 0 saturated heterocycles. The molecule has 8 heteroatoms. The fourth-order valence-corrected chi connectivity index (χ4v) is 3.98. The highest BCUT2D eigenvalue weighted by molar-refractivity contribution is 7.14. The molecule has 0 spiro atoms. The van der Waals surface area contributed by atoms with Crippen LogP contribution in [0.5, 0.6) is 0 Å². The summed E-state index contributed by atoms with van der Waals surface area (Å²) in [5.41, 5.74) is 1.87. The summed E-state index contributed by atoms with van der Waals surface area (Å²) in [4.78, 5) is 35.6. The predicted molar refractivity (Wildman–Crippen MR) is 94.2 cm³/mol. The van der Waals surface area contributed by atoms with E-state index in [1.54, 1.807) is 19.2 Å². The largest absolute Gasteiger partial charge is 0.481 e. The molecule has 25 heavy (non-hydrogen) atoms. The number of nitrogens with one attached hydrogen (secondary N) is 2. The fourth-order valence-electron chi connectivity index (χ4n) is 3.29. The number of carboxylic acids is 1. The van der Waals surface area contributed by atoms with Crippen LogP contribution in [-0.4, -0.2) is 31.9 Å². The molecular weight excluding hydrogens is 340 g/mol. The van der Waals surface area contributed by atoms with Crippen molar-refractivity contribution in [2.24, 2.45) is 17.3 Å². The Morgan fingerprint density at radius 1 is 1.24 bits per heavy atom. The maximum Gasteiger partial charge on any atom is 0.307 e. The van der Waals surface area contributed by atoms with Gasteiger partial charge < -0.3 is 15.4 Å². The van der Waals surface area contributed by atoms with E-state index in [1.165, 1.54) is 11.3 Å². The molecule has 0 unspecified atom stereocenters. The quantitative estimate of drug-likeness (QED) is 0.666. The molecule has 1 fully saturated rings. The summed E-state index contributed by atoms with van der Waals surface area (Å²) in [6, 6.07) is 7.68. The van der Waals surface area contributed by atoms with E-state index in [-0.39, 0.29) is 5.91 Å². The first kappa shape index (κ1) is 15.8. The summed E-state index contributed by atoms with van der Waals surface area (Å²) in [5.74, 6) is -1.80. The summed E-state index contributed by atoms with van der Waals surface area (Å²) >= 11 is 1.29. The summed E-state index contributed by atoms with van der Waals surface area (Å²) in [5, 5.41) is 14.2. The van der Waals surface area contributed by atoms with Crippen molar-refractivity contribution in [1.82, 2.24) is 15.0 Å². The van der Waals surface area contributed by atoms with E-state index >= 15 is 0 Å². The average Bonchev–Trinajstić information content (AvgIpc) is 2.93. The number of benzene rings is 1. The van der Waals surface area contributed by atoms with Crippen LogP contribution in [0.1, 0.15) is 13.8 Å². The van der Waals surface area contributed by atoms with Crippen LogP contribution in [0.25, 0.3) is 22.6 Å². The Labute approximate surface area is 147 Å². The lowest BCUT2D eigenvalue weighted by molar-refractivity contribution is -0.140. The Balaban J connectivity index is 1.52. The Hall–Kier alpha value is -2.74. The molecule has 2 atom stereocenters. The van der Waals surface area contributed by atoms with Crippen LogP contribution in [0.4, 0.5) is 5.13 Å². The number of carbonyl (C=O) groups is 2. The summed E-state index contributed by atoms with van der Waals surface area (Å²) in [6.45, 7) is 3.58. The Bertz CT molecular complexity index is 958. The molecule has 0 radical (unpaired) electrons. The number of H-pyrrole nitrogens is 1. The molecule has 4 rings (SSSR count). The molecule has 0 aliphatic heterocycles. The molecule has 3 N–H and O–H groups in total. The topological polar surface area (TPSA) is 108 Å². The van der Waals surface area contributed by atoms with E-state index in [4.69, 9.17) is 0 Å². The monoisotopic (exact) mass is 356 g/mol. The first-order chi connectivity index (χ1) is 11.9. The molecule has 0 bridgehead atoms. The number of carboxylic acid groups (broad SMARTS) is 1. The second kappa shape index (κ2) is 5.38. The molecule has 7 nitrogen and oxygen atoms in total. The second-order valence-electron chi connectivity index (χ2n) is 6.74. The minimum Gasteiger partial charge on any atom is -0.481 e. The van der Waals surface area contributed by atoms with Gasteiger partial charge in [-0.25, -0.2) is 9.97 Å². The van der Waals surface area contributed by atoms with Gasteiger partial charge in [0.05, 0.1) is 22.9 Å². The zero-order valence-corrected chi connectivity index (χ0v) is 14.4. The van der Waals surface area contributed by atoms with E-state index in [0.717, 1.165) is 11.0 Å². The van der Waals surface area contributed by atoms with E-state index in [0.29, 0.717) is 16.6 Å². The van der Waals surface area contributed by atoms with E-state index < -0.39 is 23.2 Å². The molecular formula is C17H16N4O3S. The van der Waals surface area contributed by atoms with Crippen LogP contribution in [0.2, 0.25) is 0 Å². The van der Waals surface area contributed by atoms with Gasteiger partial charge in [-0.3, -0.25) is 9.59 Å². The van der Waals surface area contributed by atoms with Crippen molar-refractivity contribution >= 4 is 39.4 Å². The van der Waals surface area contributed by atoms with Crippen molar-refractivity contribution < 1.29 is 14.7 Å². The van der Waals surface area contributed by atoms with Crippen LogP contribution in [0.3, 0.4) is 0 Å². The average molecular weight is 356 g/mol.